The fourth-order valence-electron chi connectivity index (χ4n) is 3.34. The van der Waals surface area contributed by atoms with Crippen LogP contribution >= 0.6 is 11.1 Å². The zero-order valence-corrected chi connectivity index (χ0v) is 19.7. The van der Waals surface area contributed by atoms with Crippen molar-refractivity contribution in [2.45, 2.75) is 56.0 Å². The first-order valence-corrected chi connectivity index (χ1v) is 11.7. The van der Waals surface area contributed by atoms with E-state index >= 15 is 0 Å². The van der Waals surface area contributed by atoms with Crippen LogP contribution in [0.25, 0.3) is 0 Å². The van der Waals surface area contributed by atoms with Crippen LogP contribution in [0.3, 0.4) is 0 Å². The quantitative estimate of drug-likeness (QED) is 0.334. The number of carbonyl (C=O) groups is 2. The van der Waals surface area contributed by atoms with Gasteiger partial charge in [0.05, 0.1) is 39.3 Å². The Hall–Kier alpha value is -3.10. The lowest BCUT2D eigenvalue weighted by Crippen LogP contribution is -2.38. The summed E-state index contributed by atoms with van der Waals surface area (Å²) >= 11 is -1.61. The first kappa shape index (κ1) is 25.5. The number of nitrogens with one attached hydrogen (secondary N) is 1. The summed E-state index contributed by atoms with van der Waals surface area (Å²) in [7, 11) is 0. The molecule has 0 spiro atoms. The molecule has 1 aliphatic heterocycles. The number of amides is 1. The molecule has 0 saturated carbocycles. The van der Waals surface area contributed by atoms with Crippen molar-refractivity contribution in [3.05, 3.63) is 58.9 Å². The normalized spacial score (nSPS) is 19.6. The van der Waals surface area contributed by atoms with E-state index < -0.39 is 50.8 Å². The largest absolute Gasteiger partial charge is 0.459 e. The van der Waals surface area contributed by atoms with Crippen molar-refractivity contribution in [2.75, 3.05) is 5.01 Å². The number of carbonyl (C=O) groups excluding carboxylic acids is 2. The van der Waals surface area contributed by atoms with Crippen LogP contribution in [0.15, 0.2) is 41.3 Å². The number of halogens is 4. The van der Waals surface area contributed by atoms with Gasteiger partial charge in [0.1, 0.15) is 5.82 Å². The number of nitrogens with zero attached hydrogens (tertiary/aromatic N) is 2. The van der Waals surface area contributed by atoms with Crippen molar-refractivity contribution in [3.8, 4) is 6.07 Å². The number of ether oxygens (including phenoxy) is 1. The van der Waals surface area contributed by atoms with E-state index in [2.05, 4.69) is 4.83 Å². The van der Waals surface area contributed by atoms with E-state index in [4.69, 9.17) is 10.00 Å². The molecule has 2 atom stereocenters. The number of rotatable bonds is 5. The van der Waals surface area contributed by atoms with E-state index in [0.717, 1.165) is 23.2 Å². The minimum atomic E-state index is -4.78. The molecule has 1 saturated heterocycles. The SMILES string of the molecule is CCC(C)OC(=O)c1ccc([SH]2NN(c3ccc(C#N)c(C(F)(F)F)c3)C(=O)C2(C)C)cc1F. The highest BCUT2D eigenvalue weighted by atomic mass is 32.2. The number of anilines is 1. The number of benzene rings is 2. The zero-order valence-electron chi connectivity index (χ0n) is 18.8. The summed E-state index contributed by atoms with van der Waals surface area (Å²) in [5.41, 5.74) is -2.07. The Morgan fingerprint density at radius 2 is 1.94 bits per heavy atom. The van der Waals surface area contributed by atoms with Crippen molar-refractivity contribution >= 4 is 28.6 Å². The second-order valence-corrected chi connectivity index (χ2v) is 10.8. The second-order valence-electron chi connectivity index (χ2n) is 8.26. The molecule has 0 radical (unpaired) electrons. The van der Waals surface area contributed by atoms with Crippen LogP contribution in [0, 0.1) is 17.1 Å². The van der Waals surface area contributed by atoms with Gasteiger partial charge in [-0.15, -0.1) is 11.1 Å². The van der Waals surface area contributed by atoms with Crippen molar-refractivity contribution in [1.82, 2.24) is 4.83 Å². The number of esters is 1. The fourth-order valence-corrected chi connectivity index (χ4v) is 5.51. The van der Waals surface area contributed by atoms with Crippen LogP contribution in [-0.4, -0.2) is 22.7 Å². The van der Waals surface area contributed by atoms with Gasteiger partial charge in [-0.1, -0.05) is 6.92 Å². The minimum absolute atomic E-state index is 0.0939. The van der Waals surface area contributed by atoms with Gasteiger partial charge in [0.25, 0.3) is 5.91 Å². The molecule has 182 valence electrons. The highest BCUT2D eigenvalue weighted by molar-refractivity contribution is 8.17. The Bertz CT molecular complexity index is 1180. The molecule has 1 amide bonds. The van der Waals surface area contributed by atoms with Crippen molar-refractivity contribution in [3.63, 3.8) is 0 Å². The van der Waals surface area contributed by atoms with Crippen molar-refractivity contribution in [1.29, 1.82) is 5.26 Å². The highest BCUT2D eigenvalue weighted by Crippen LogP contribution is 2.51. The third kappa shape index (κ3) is 4.74. The summed E-state index contributed by atoms with van der Waals surface area (Å²) in [6, 6.07) is 8.36. The molecule has 34 heavy (non-hydrogen) atoms. The van der Waals surface area contributed by atoms with Gasteiger partial charge in [-0.3, -0.25) is 4.79 Å². The van der Waals surface area contributed by atoms with Gasteiger partial charge in [0, 0.05) is 4.90 Å². The molecule has 0 bridgehead atoms. The van der Waals surface area contributed by atoms with Gasteiger partial charge in [-0.25, -0.2) is 14.2 Å². The van der Waals surface area contributed by atoms with Gasteiger partial charge in [-0.2, -0.15) is 23.3 Å². The lowest BCUT2D eigenvalue weighted by atomic mass is 10.1. The number of hydrogen-bond acceptors (Lipinski definition) is 5. The first-order valence-electron chi connectivity index (χ1n) is 10.3. The molecule has 1 heterocycles. The molecule has 6 nitrogen and oxygen atoms in total. The van der Waals surface area contributed by atoms with Crippen molar-refractivity contribution < 1.29 is 31.9 Å². The van der Waals surface area contributed by atoms with E-state index in [-0.39, 0.29) is 17.4 Å². The number of thiol groups is 1. The van der Waals surface area contributed by atoms with E-state index in [1.54, 1.807) is 20.8 Å². The molecule has 3 rings (SSSR count). The zero-order chi connectivity index (χ0) is 25.4. The predicted octanol–water partition coefficient (Wildman–Crippen LogP) is 5.28. The van der Waals surface area contributed by atoms with Gasteiger partial charge in [-0.05, 0) is 63.6 Å². The standard InChI is InChI=1S/C23H23F4N3O3S/c1-5-13(2)33-20(31)17-9-8-16(11-19(17)24)34-22(3,4)21(32)30(29-34)15-7-6-14(12-28)18(10-15)23(25,26)27/h6-11,13,29,34H,5H2,1-4H3. The topological polar surface area (TPSA) is 82.4 Å². The first-order chi connectivity index (χ1) is 15.8. The second kappa shape index (κ2) is 9.27. The smallest absolute Gasteiger partial charge is 0.417 e. The highest BCUT2D eigenvalue weighted by Gasteiger charge is 2.47. The summed E-state index contributed by atoms with van der Waals surface area (Å²) in [5, 5.41) is 9.99. The summed E-state index contributed by atoms with van der Waals surface area (Å²) in [6.07, 6.45) is -4.60. The minimum Gasteiger partial charge on any atom is -0.459 e. The van der Waals surface area contributed by atoms with E-state index in [1.165, 1.54) is 24.3 Å². The third-order valence-corrected chi connectivity index (χ3v) is 7.99. The predicted molar refractivity (Wildman–Crippen MR) is 120 cm³/mol. The molecular formula is C23H23F4N3O3S. The van der Waals surface area contributed by atoms with Crippen LogP contribution in [0.4, 0.5) is 23.2 Å². The average Bonchev–Trinajstić information content (AvgIpc) is 3.01. The number of hydrazine groups is 1. The summed E-state index contributed by atoms with van der Waals surface area (Å²) in [5.74, 6) is -2.15. The molecule has 0 aliphatic carbocycles. The van der Waals surface area contributed by atoms with Gasteiger partial charge in [0.2, 0.25) is 0 Å². The number of alkyl halides is 3. The molecule has 2 unspecified atom stereocenters. The maximum Gasteiger partial charge on any atom is 0.417 e. The molecule has 2 aromatic rings. The molecule has 11 heteroatoms. The van der Waals surface area contributed by atoms with Crippen LogP contribution in [-0.2, 0) is 15.7 Å². The molecule has 1 fully saturated rings. The summed E-state index contributed by atoms with van der Waals surface area (Å²) in [4.78, 5) is 28.6. The lowest BCUT2D eigenvalue weighted by Gasteiger charge is -2.27. The van der Waals surface area contributed by atoms with Crippen LogP contribution < -0.4 is 9.84 Å². The lowest BCUT2D eigenvalue weighted by molar-refractivity contribution is -0.137. The van der Waals surface area contributed by atoms with E-state index in [0.29, 0.717) is 11.3 Å². The van der Waals surface area contributed by atoms with Gasteiger partial charge >= 0.3 is 12.1 Å². The maximum absolute atomic E-state index is 14.8. The maximum atomic E-state index is 14.8. The Labute approximate surface area is 196 Å². The molecule has 2 aromatic carbocycles. The average molecular weight is 498 g/mol. The Morgan fingerprint density at radius 3 is 2.50 bits per heavy atom. The monoisotopic (exact) mass is 497 g/mol. The third-order valence-electron chi connectivity index (χ3n) is 5.49. The summed E-state index contributed by atoms with van der Waals surface area (Å²) in [6.45, 7) is 6.71. The number of hydrogen-bond donors (Lipinski definition) is 2. The summed E-state index contributed by atoms with van der Waals surface area (Å²) < 4.78 is 59.0. The van der Waals surface area contributed by atoms with Gasteiger partial charge < -0.3 is 4.74 Å². The Morgan fingerprint density at radius 1 is 1.26 bits per heavy atom. The molecule has 0 aromatic heterocycles. The Balaban J connectivity index is 1.95. The number of nitriles is 1. The van der Waals surface area contributed by atoms with E-state index in [1.807, 2.05) is 6.92 Å². The van der Waals surface area contributed by atoms with Gasteiger partial charge in [0.15, 0.2) is 0 Å². The Kier molecular flexibility index (Phi) is 6.96. The molecular weight excluding hydrogens is 474 g/mol. The van der Waals surface area contributed by atoms with Crippen LogP contribution in [0.5, 0.6) is 0 Å². The van der Waals surface area contributed by atoms with E-state index in [9.17, 15) is 27.2 Å². The fraction of sp³-hybridized carbons (Fsp3) is 0.348. The van der Waals surface area contributed by atoms with Crippen LogP contribution in [0.2, 0.25) is 0 Å². The van der Waals surface area contributed by atoms with Crippen molar-refractivity contribution in [2.24, 2.45) is 0 Å². The molecule has 1 N–H and O–H groups in total. The van der Waals surface area contributed by atoms with Crippen LogP contribution in [0.1, 0.15) is 55.6 Å². The molecule has 1 aliphatic rings.